The zero-order valence-corrected chi connectivity index (χ0v) is 11.4. The van der Waals surface area contributed by atoms with E-state index in [1.54, 1.807) is 11.6 Å². The molecule has 5 nitrogen and oxygen atoms in total. The highest BCUT2D eigenvalue weighted by Gasteiger charge is 2.17. The molecule has 2 atom stereocenters. The number of hydrogen-bond donors (Lipinski definition) is 0. The topological polar surface area (TPSA) is 61.2 Å². The molecule has 0 aliphatic carbocycles. The first kappa shape index (κ1) is 13.9. The van der Waals surface area contributed by atoms with Crippen molar-refractivity contribution in [2.45, 2.75) is 19.6 Å². The van der Waals surface area contributed by atoms with Gasteiger partial charge in [0.1, 0.15) is 0 Å². The summed E-state index contributed by atoms with van der Waals surface area (Å²) in [4.78, 5) is 11.2. The molecule has 1 rings (SSSR count). The van der Waals surface area contributed by atoms with Crippen LogP contribution in [0, 0.1) is 12.8 Å². The van der Waals surface area contributed by atoms with Crippen molar-refractivity contribution in [3.05, 3.63) is 17.5 Å². The minimum Gasteiger partial charge on any atom is -0.469 e. The predicted octanol–water partition coefficient (Wildman–Crippen LogP) is 0.786. The summed E-state index contributed by atoms with van der Waals surface area (Å²) >= 11 is 0. The smallest absolute Gasteiger partial charge is 0.309 e. The summed E-state index contributed by atoms with van der Waals surface area (Å²) in [6.45, 7) is 3.61. The van der Waals surface area contributed by atoms with Crippen molar-refractivity contribution in [1.82, 2.24) is 9.78 Å². The van der Waals surface area contributed by atoms with Crippen LogP contribution in [0.2, 0.25) is 0 Å². The van der Waals surface area contributed by atoms with E-state index >= 15 is 0 Å². The van der Waals surface area contributed by atoms with Gasteiger partial charge in [0, 0.05) is 23.6 Å². The molecule has 0 N–H and O–H groups in total. The number of hydrogen-bond acceptors (Lipinski definition) is 4. The van der Waals surface area contributed by atoms with Crippen LogP contribution >= 0.6 is 0 Å². The van der Waals surface area contributed by atoms with Gasteiger partial charge in [-0.3, -0.25) is 13.7 Å². The summed E-state index contributed by atoms with van der Waals surface area (Å²) in [5.74, 6) is 0.0740. The van der Waals surface area contributed by atoms with Crippen LogP contribution in [0.3, 0.4) is 0 Å². The van der Waals surface area contributed by atoms with Gasteiger partial charge in [-0.05, 0) is 13.0 Å². The lowest BCUT2D eigenvalue weighted by molar-refractivity contribution is -0.144. The van der Waals surface area contributed by atoms with Crippen LogP contribution < -0.4 is 0 Å². The van der Waals surface area contributed by atoms with E-state index in [-0.39, 0.29) is 11.9 Å². The quantitative estimate of drug-likeness (QED) is 0.732. The molecule has 1 aromatic heterocycles. The lowest BCUT2D eigenvalue weighted by Crippen LogP contribution is -2.20. The van der Waals surface area contributed by atoms with E-state index < -0.39 is 10.8 Å². The fourth-order valence-corrected chi connectivity index (χ4v) is 2.98. The van der Waals surface area contributed by atoms with E-state index in [0.717, 1.165) is 11.4 Å². The van der Waals surface area contributed by atoms with Crippen LogP contribution in [0.5, 0.6) is 0 Å². The minimum atomic E-state index is -1.08. The van der Waals surface area contributed by atoms with E-state index in [2.05, 4.69) is 9.84 Å². The molecule has 0 radical (unpaired) electrons. The first-order chi connectivity index (χ1) is 7.93. The highest BCUT2D eigenvalue weighted by atomic mass is 32.2. The van der Waals surface area contributed by atoms with Gasteiger partial charge in [-0.25, -0.2) is 0 Å². The summed E-state index contributed by atoms with van der Waals surface area (Å²) in [7, 11) is 2.08. The second-order valence-electron chi connectivity index (χ2n) is 4.08. The van der Waals surface area contributed by atoms with Crippen molar-refractivity contribution >= 4 is 16.8 Å². The lowest BCUT2D eigenvalue weighted by Gasteiger charge is -2.08. The summed E-state index contributed by atoms with van der Waals surface area (Å²) in [6, 6.07) is 1.90. The molecule has 0 aliphatic heterocycles. The van der Waals surface area contributed by atoms with Gasteiger partial charge in [0.25, 0.3) is 0 Å². The second-order valence-corrected chi connectivity index (χ2v) is 5.58. The average molecular weight is 258 g/mol. The SMILES string of the molecule is COC(=O)C(C)CS(=O)Cc1cc(C)nn1C. The maximum absolute atomic E-state index is 11.9. The normalized spacial score (nSPS) is 14.4. The number of aromatic nitrogens is 2. The summed E-state index contributed by atoms with van der Waals surface area (Å²) in [5, 5.41) is 4.19. The molecule has 0 fully saturated rings. The molecule has 0 saturated carbocycles. The third kappa shape index (κ3) is 3.96. The predicted molar refractivity (Wildman–Crippen MR) is 65.8 cm³/mol. The number of aryl methyl sites for hydroxylation is 2. The molecule has 17 heavy (non-hydrogen) atoms. The molecule has 0 aliphatic rings. The minimum absolute atomic E-state index is 0.316. The highest BCUT2D eigenvalue weighted by Crippen LogP contribution is 2.08. The molecule has 0 aromatic carbocycles. The molecular formula is C11H18N2O3S. The van der Waals surface area contributed by atoms with Crippen LogP contribution in [-0.2, 0) is 33.1 Å². The Balaban J connectivity index is 2.56. The fourth-order valence-electron chi connectivity index (χ4n) is 1.57. The van der Waals surface area contributed by atoms with Crippen LogP contribution in [0.4, 0.5) is 0 Å². The fraction of sp³-hybridized carbons (Fsp3) is 0.636. The van der Waals surface area contributed by atoms with Crippen molar-refractivity contribution in [2.75, 3.05) is 12.9 Å². The number of rotatable bonds is 5. The summed E-state index contributed by atoms with van der Waals surface area (Å²) in [5.41, 5.74) is 1.82. The zero-order valence-electron chi connectivity index (χ0n) is 10.6. The van der Waals surface area contributed by atoms with Gasteiger partial charge in [-0.15, -0.1) is 0 Å². The Labute approximate surface area is 104 Å². The third-order valence-electron chi connectivity index (χ3n) is 2.45. The number of methoxy groups -OCH3 is 1. The molecule has 0 amide bonds. The Hall–Kier alpha value is -1.17. The van der Waals surface area contributed by atoms with Crippen molar-refractivity contribution < 1.29 is 13.7 Å². The Morgan fingerprint density at radius 2 is 2.29 bits per heavy atom. The average Bonchev–Trinajstić information content (AvgIpc) is 2.55. The van der Waals surface area contributed by atoms with Crippen LogP contribution in [0.15, 0.2) is 6.07 Å². The Kier molecular flexibility index (Phi) is 4.86. The molecule has 6 heteroatoms. The summed E-state index contributed by atoms with van der Waals surface area (Å²) < 4.78 is 18.2. The molecule has 0 saturated heterocycles. The van der Waals surface area contributed by atoms with E-state index in [1.807, 2.05) is 20.0 Å². The second kappa shape index (κ2) is 5.95. The van der Waals surface area contributed by atoms with Crippen LogP contribution in [0.1, 0.15) is 18.3 Å². The van der Waals surface area contributed by atoms with Crippen molar-refractivity contribution in [2.24, 2.45) is 13.0 Å². The van der Waals surface area contributed by atoms with Crippen molar-refractivity contribution in [3.8, 4) is 0 Å². The van der Waals surface area contributed by atoms with Gasteiger partial charge in [0.2, 0.25) is 0 Å². The van der Waals surface area contributed by atoms with Gasteiger partial charge in [-0.2, -0.15) is 5.10 Å². The molecule has 2 unspecified atom stereocenters. The molecule has 96 valence electrons. The van der Waals surface area contributed by atoms with Crippen molar-refractivity contribution in [1.29, 1.82) is 0 Å². The molecule has 1 heterocycles. The van der Waals surface area contributed by atoms with E-state index in [0.29, 0.717) is 11.5 Å². The number of nitrogens with zero attached hydrogens (tertiary/aromatic N) is 2. The summed E-state index contributed by atoms with van der Waals surface area (Å²) in [6.07, 6.45) is 0. The van der Waals surface area contributed by atoms with Gasteiger partial charge in [0.05, 0.1) is 30.2 Å². The lowest BCUT2D eigenvalue weighted by atomic mass is 10.2. The maximum Gasteiger partial charge on any atom is 0.309 e. The van der Waals surface area contributed by atoms with Gasteiger partial charge in [0.15, 0.2) is 0 Å². The molecular weight excluding hydrogens is 240 g/mol. The maximum atomic E-state index is 11.9. The number of ether oxygens (including phenoxy) is 1. The van der Waals surface area contributed by atoms with Gasteiger partial charge >= 0.3 is 5.97 Å². The van der Waals surface area contributed by atoms with Crippen molar-refractivity contribution in [3.63, 3.8) is 0 Å². The molecule has 0 bridgehead atoms. The highest BCUT2D eigenvalue weighted by molar-refractivity contribution is 7.84. The Bertz CT molecular complexity index is 428. The molecule has 1 aromatic rings. The number of carbonyl (C=O) groups is 1. The van der Waals surface area contributed by atoms with E-state index in [9.17, 15) is 9.00 Å². The first-order valence-electron chi connectivity index (χ1n) is 5.36. The number of carbonyl (C=O) groups excluding carboxylic acids is 1. The third-order valence-corrected chi connectivity index (χ3v) is 3.94. The Morgan fingerprint density at radius 1 is 1.65 bits per heavy atom. The largest absolute Gasteiger partial charge is 0.469 e. The Morgan fingerprint density at radius 3 is 2.76 bits per heavy atom. The van der Waals surface area contributed by atoms with E-state index in [1.165, 1.54) is 7.11 Å². The van der Waals surface area contributed by atoms with Gasteiger partial charge < -0.3 is 4.74 Å². The standard InChI is InChI=1S/C11H18N2O3S/c1-8(11(14)16-4)6-17(15)7-10-5-9(2)12-13(10)3/h5,8H,6-7H2,1-4H3. The van der Waals surface area contributed by atoms with Gasteiger partial charge in [-0.1, -0.05) is 6.92 Å². The van der Waals surface area contributed by atoms with E-state index in [4.69, 9.17) is 0 Å². The van der Waals surface area contributed by atoms with Crippen LogP contribution in [-0.4, -0.2) is 32.8 Å². The van der Waals surface area contributed by atoms with Crippen LogP contribution in [0.25, 0.3) is 0 Å². The first-order valence-corrected chi connectivity index (χ1v) is 6.85. The number of esters is 1. The monoisotopic (exact) mass is 258 g/mol. The molecule has 0 spiro atoms. The zero-order chi connectivity index (χ0) is 13.0.